The van der Waals surface area contributed by atoms with E-state index in [-0.39, 0.29) is 6.03 Å². The molecule has 0 spiro atoms. The SMILES string of the molecule is O=C(Nc1ccc(CCc2ccc(Cl)c(Cl)c2)cc1)N(c1ccccc1)c1ccccc1. The predicted octanol–water partition coefficient (Wildman–Crippen LogP) is 8.15. The molecule has 0 fully saturated rings. The standard InChI is InChI=1S/C27H22Cl2N2O/c28-25-18-15-21(19-26(25)29)12-11-20-13-16-22(17-14-20)30-27(32)31(23-7-3-1-4-8-23)24-9-5-2-6-10-24/h1-10,13-19H,11-12H2,(H,30,32). The lowest BCUT2D eigenvalue weighted by molar-refractivity contribution is 0.259. The molecule has 4 rings (SSSR count). The van der Waals surface area contributed by atoms with E-state index in [0.717, 1.165) is 35.5 Å². The molecule has 0 aromatic heterocycles. The van der Waals surface area contributed by atoms with Crippen molar-refractivity contribution in [3.05, 3.63) is 124 Å². The van der Waals surface area contributed by atoms with E-state index < -0.39 is 0 Å². The molecule has 0 radical (unpaired) electrons. The summed E-state index contributed by atoms with van der Waals surface area (Å²) in [4.78, 5) is 14.8. The van der Waals surface area contributed by atoms with E-state index >= 15 is 0 Å². The Morgan fingerprint density at radius 3 is 1.75 bits per heavy atom. The van der Waals surface area contributed by atoms with E-state index in [2.05, 4.69) is 5.32 Å². The Bertz CT molecular complexity index is 1140. The second kappa shape index (κ2) is 10.4. The van der Waals surface area contributed by atoms with Gasteiger partial charge in [-0.3, -0.25) is 4.90 Å². The van der Waals surface area contributed by atoms with Crippen molar-refractivity contribution in [2.45, 2.75) is 12.8 Å². The quantitative estimate of drug-likeness (QED) is 0.309. The van der Waals surface area contributed by atoms with Gasteiger partial charge in [-0.05, 0) is 72.5 Å². The number of hydrogen-bond acceptors (Lipinski definition) is 1. The van der Waals surface area contributed by atoms with Gasteiger partial charge in [0, 0.05) is 5.69 Å². The van der Waals surface area contributed by atoms with Gasteiger partial charge in [-0.15, -0.1) is 0 Å². The minimum atomic E-state index is -0.217. The summed E-state index contributed by atoms with van der Waals surface area (Å²) in [6, 6.07) is 32.6. The summed E-state index contributed by atoms with van der Waals surface area (Å²) in [6.07, 6.45) is 1.73. The van der Waals surface area contributed by atoms with Crippen molar-refractivity contribution in [3.8, 4) is 0 Å². The normalized spacial score (nSPS) is 10.6. The molecule has 4 aromatic rings. The van der Waals surface area contributed by atoms with Crippen LogP contribution in [-0.2, 0) is 12.8 Å². The fourth-order valence-corrected chi connectivity index (χ4v) is 3.78. The number of urea groups is 1. The van der Waals surface area contributed by atoms with Crippen LogP contribution in [0.1, 0.15) is 11.1 Å². The van der Waals surface area contributed by atoms with Crippen LogP contribution in [0.15, 0.2) is 103 Å². The van der Waals surface area contributed by atoms with E-state index in [0.29, 0.717) is 10.0 Å². The Morgan fingerprint density at radius 2 is 1.19 bits per heavy atom. The van der Waals surface area contributed by atoms with Crippen LogP contribution in [-0.4, -0.2) is 6.03 Å². The number of rotatable bonds is 6. The number of halogens is 2. The highest BCUT2D eigenvalue weighted by Gasteiger charge is 2.17. The predicted molar refractivity (Wildman–Crippen MR) is 134 cm³/mol. The second-order valence-corrected chi connectivity index (χ2v) is 8.20. The smallest absolute Gasteiger partial charge is 0.307 e. The van der Waals surface area contributed by atoms with Crippen LogP contribution in [0.2, 0.25) is 10.0 Å². The van der Waals surface area contributed by atoms with Gasteiger partial charge in [-0.25, -0.2) is 4.79 Å². The minimum absolute atomic E-state index is 0.217. The molecule has 0 heterocycles. The summed E-state index contributed by atoms with van der Waals surface area (Å²) < 4.78 is 0. The zero-order valence-electron chi connectivity index (χ0n) is 17.3. The number of anilines is 3. The lowest BCUT2D eigenvalue weighted by Gasteiger charge is -2.23. The van der Waals surface area contributed by atoms with Crippen LogP contribution in [0.25, 0.3) is 0 Å². The molecule has 5 heteroatoms. The second-order valence-electron chi connectivity index (χ2n) is 7.38. The molecule has 2 amide bonds. The Kier molecular flexibility index (Phi) is 7.10. The zero-order valence-corrected chi connectivity index (χ0v) is 18.9. The van der Waals surface area contributed by atoms with Gasteiger partial charge in [0.15, 0.2) is 0 Å². The molecule has 3 nitrogen and oxygen atoms in total. The molecule has 4 aromatic carbocycles. The summed E-state index contributed by atoms with van der Waals surface area (Å²) in [7, 11) is 0. The number of carbonyl (C=O) groups excluding carboxylic acids is 1. The highest BCUT2D eigenvalue weighted by molar-refractivity contribution is 6.42. The van der Waals surface area contributed by atoms with Crippen molar-refractivity contribution >= 4 is 46.3 Å². The van der Waals surface area contributed by atoms with Gasteiger partial charge in [0.2, 0.25) is 0 Å². The van der Waals surface area contributed by atoms with Crippen molar-refractivity contribution in [2.75, 3.05) is 10.2 Å². The number of benzene rings is 4. The zero-order chi connectivity index (χ0) is 22.3. The molecule has 1 N–H and O–H groups in total. The molecule has 0 saturated heterocycles. The molecule has 0 aliphatic heterocycles. The van der Waals surface area contributed by atoms with Gasteiger partial charge in [0.05, 0.1) is 21.4 Å². The number of hydrogen-bond donors (Lipinski definition) is 1. The van der Waals surface area contributed by atoms with Crippen LogP contribution in [0.3, 0.4) is 0 Å². The van der Waals surface area contributed by atoms with Crippen LogP contribution in [0.4, 0.5) is 21.9 Å². The maximum Gasteiger partial charge on any atom is 0.330 e. The first-order chi connectivity index (χ1) is 15.6. The van der Waals surface area contributed by atoms with Gasteiger partial charge in [0.25, 0.3) is 0 Å². The summed E-state index contributed by atoms with van der Waals surface area (Å²) in [5, 5.41) is 4.15. The van der Waals surface area contributed by atoms with Gasteiger partial charge < -0.3 is 5.32 Å². The first-order valence-corrected chi connectivity index (χ1v) is 11.1. The van der Waals surface area contributed by atoms with Crippen LogP contribution in [0, 0.1) is 0 Å². The Balaban J connectivity index is 1.44. The first kappa shape index (κ1) is 21.9. The lowest BCUT2D eigenvalue weighted by atomic mass is 10.0. The molecule has 160 valence electrons. The summed E-state index contributed by atoms with van der Waals surface area (Å²) in [5.41, 5.74) is 4.66. The van der Waals surface area contributed by atoms with Crippen LogP contribution < -0.4 is 10.2 Å². The van der Waals surface area contributed by atoms with Gasteiger partial charge in [-0.1, -0.05) is 77.8 Å². The highest BCUT2D eigenvalue weighted by atomic mass is 35.5. The van der Waals surface area contributed by atoms with Crippen LogP contribution >= 0.6 is 23.2 Å². The molecule has 0 aliphatic rings. The maximum absolute atomic E-state index is 13.2. The molecular formula is C27H22Cl2N2O. The minimum Gasteiger partial charge on any atom is -0.307 e. The van der Waals surface area contributed by atoms with E-state index in [4.69, 9.17) is 23.2 Å². The number of para-hydroxylation sites is 2. The van der Waals surface area contributed by atoms with E-state index in [1.54, 1.807) is 4.90 Å². The molecular weight excluding hydrogens is 439 g/mol. The summed E-state index contributed by atoms with van der Waals surface area (Å²) >= 11 is 12.1. The maximum atomic E-state index is 13.2. The van der Waals surface area contributed by atoms with Gasteiger partial charge in [-0.2, -0.15) is 0 Å². The number of amides is 2. The van der Waals surface area contributed by atoms with Crippen molar-refractivity contribution in [2.24, 2.45) is 0 Å². The number of aryl methyl sites for hydroxylation is 2. The number of carbonyl (C=O) groups is 1. The molecule has 32 heavy (non-hydrogen) atoms. The van der Waals surface area contributed by atoms with Crippen molar-refractivity contribution in [1.29, 1.82) is 0 Å². The molecule has 0 aliphatic carbocycles. The lowest BCUT2D eigenvalue weighted by Crippen LogP contribution is -2.30. The third-order valence-electron chi connectivity index (χ3n) is 5.12. The molecule has 0 saturated carbocycles. The first-order valence-electron chi connectivity index (χ1n) is 10.3. The molecule has 0 unspecified atom stereocenters. The third kappa shape index (κ3) is 5.50. The topological polar surface area (TPSA) is 32.3 Å². The fraction of sp³-hybridized carbons (Fsp3) is 0.0741. The van der Waals surface area contributed by atoms with Gasteiger partial charge in [0.1, 0.15) is 0 Å². The Morgan fingerprint density at radius 1 is 0.656 bits per heavy atom. The monoisotopic (exact) mass is 460 g/mol. The average Bonchev–Trinajstić information content (AvgIpc) is 2.82. The van der Waals surface area contributed by atoms with E-state index in [1.807, 2.05) is 103 Å². The Hall–Kier alpha value is -3.27. The van der Waals surface area contributed by atoms with Crippen molar-refractivity contribution in [3.63, 3.8) is 0 Å². The van der Waals surface area contributed by atoms with E-state index in [9.17, 15) is 4.79 Å². The van der Waals surface area contributed by atoms with E-state index in [1.165, 1.54) is 5.56 Å². The van der Waals surface area contributed by atoms with Crippen molar-refractivity contribution in [1.82, 2.24) is 0 Å². The van der Waals surface area contributed by atoms with Crippen LogP contribution in [0.5, 0.6) is 0 Å². The Labute approximate surface area is 198 Å². The van der Waals surface area contributed by atoms with Crippen molar-refractivity contribution < 1.29 is 4.79 Å². The number of nitrogens with one attached hydrogen (secondary N) is 1. The molecule has 0 bridgehead atoms. The number of nitrogens with zero attached hydrogens (tertiary/aromatic N) is 1. The largest absolute Gasteiger partial charge is 0.330 e. The van der Waals surface area contributed by atoms with Gasteiger partial charge >= 0.3 is 6.03 Å². The summed E-state index contributed by atoms with van der Waals surface area (Å²) in [6.45, 7) is 0. The summed E-state index contributed by atoms with van der Waals surface area (Å²) in [5.74, 6) is 0. The highest BCUT2D eigenvalue weighted by Crippen LogP contribution is 2.26. The average molecular weight is 461 g/mol. The fourth-order valence-electron chi connectivity index (χ4n) is 3.46. The molecule has 0 atom stereocenters. The third-order valence-corrected chi connectivity index (χ3v) is 5.86.